The Kier molecular flexibility index (Phi) is 9.25. The van der Waals surface area contributed by atoms with Gasteiger partial charge in [-0.1, -0.05) is 45.1 Å². The Morgan fingerprint density at radius 3 is 2.67 bits per heavy atom. The number of rotatable bonds is 10. The van der Waals surface area contributed by atoms with Crippen LogP contribution in [0, 0.1) is 6.92 Å². The molecule has 0 bridgehead atoms. The highest BCUT2D eigenvalue weighted by molar-refractivity contribution is 5.77. The summed E-state index contributed by atoms with van der Waals surface area (Å²) in [5.41, 5.74) is 8.11. The van der Waals surface area contributed by atoms with Gasteiger partial charge < -0.3 is 11.1 Å². The van der Waals surface area contributed by atoms with Gasteiger partial charge in [-0.2, -0.15) is 0 Å². The maximum Gasteiger partial charge on any atom is 0.188 e. The molecule has 0 amide bonds. The summed E-state index contributed by atoms with van der Waals surface area (Å²) in [6.07, 6.45) is 10.5. The Morgan fingerprint density at radius 2 is 1.95 bits per heavy atom. The number of unbranched alkanes of at least 4 members (excludes halogenated alkanes) is 5. The van der Waals surface area contributed by atoms with Gasteiger partial charge in [-0.25, -0.2) is 0 Å². The molecule has 1 heterocycles. The minimum atomic E-state index is 0.559. The summed E-state index contributed by atoms with van der Waals surface area (Å²) in [5, 5.41) is 3.16. The van der Waals surface area contributed by atoms with Crippen molar-refractivity contribution in [3.8, 4) is 0 Å². The highest BCUT2D eigenvalue weighted by Crippen LogP contribution is 2.04. The monoisotopic (exact) mass is 290 g/mol. The first kappa shape index (κ1) is 17.5. The lowest BCUT2D eigenvalue weighted by atomic mass is 10.1. The van der Waals surface area contributed by atoms with Gasteiger partial charge in [0.1, 0.15) is 0 Å². The van der Waals surface area contributed by atoms with Crippen LogP contribution in [0.1, 0.15) is 56.7 Å². The summed E-state index contributed by atoms with van der Waals surface area (Å²) in [5.74, 6) is 0.559. The molecule has 21 heavy (non-hydrogen) atoms. The molecule has 1 rings (SSSR count). The predicted molar refractivity (Wildman–Crippen MR) is 90.5 cm³/mol. The second-order valence-electron chi connectivity index (χ2n) is 5.52. The molecule has 0 saturated heterocycles. The molecule has 0 radical (unpaired) electrons. The Labute approximate surface area is 129 Å². The SMILES string of the molecule is CCCCCCCCN=C(N)NCCc1ccc(C)nc1. The summed E-state index contributed by atoms with van der Waals surface area (Å²) in [6, 6.07) is 4.14. The highest BCUT2D eigenvalue weighted by atomic mass is 15.1. The Bertz CT molecular complexity index is 398. The quantitative estimate of drug-likeness (QED) is 0.395. The number of nitrogens with one attached hydrogen (secondary N) is 1. The van der Waals surface area contributed by atoms with E-state index in [0.717, 1.165) is 31.6 Å². The molecular weight excluding hydrogens is 260 g/mol. The lowest BCUT2D eigenvalue weighted by Gasteiger charge is -2.06. The molecule has 118 valence electrons. The van der Waals surface area contributed by atoms with E-state index in [1.807, 2.05) is 19.2 Å². The van der Waals surface area contributed by atoms with E-state index in [-0.39, 0.29) is 0 Å². The van der Waals surface area contributed by atoms with Crippen LogP contribution in [0.2, 0.25) is 0 Å². The van der Waals surface area contributed by atoms with Crippen LogP contribution in [0.25, 0.3) is 0 Å². The van der Waals surface area contributed by atoms with Crippen LogP contribution in [-0.2, 0) is 6.42 Å². The van der Waals surface area contributed by atoms with E-state index >= 15 is 0 Å². The molecule has 0 atom stereocenters. The summed E-state index contributed by atoms with van der Waals surface area (Å²) >= 11 is 0. The van der Waals surface area contributed by atoms with Gasteiger partial charge in [-0.15, -0.1) is 0 Å². The molecule has 0 unspecified atom stereocenters. The first-order valence-corrected chi connectivity index (χ1v) is 8.17. The summed E-state index contributed by atoms with van der Waals surface area (Å²) in [4.78, 5) is 8.63. The molecule has 0 saturated carbocycles. The minimum Gasteiger partial charge on any atom is -0.370 e. The Balaban J connectivity index is 2.05. The molecule has 4 heteroatoms. The van der Waals surface area contributed by atoms with Crippen LogP contribution in [0.3, 0.4) is 0 Å². The molecular formula is C17H30N4. The predicted octanol–water partition coefficient (Wildman–Crippen LogP) is 3.20. The van der Waals surface area contributed by atoms with Crippen molar-refractivity contribution in [2.24, 2.45) is 10.7 Å². The average molecular weight is 290 g/mol. The molecule has 1 aromatic rings. The number of aliphatic imine (C=N–C) groups is 1. The molecule has 4 nitrogen and oxygen atoms in total. The van der Waals surface area contributed by atoms with E-state index in [1.54, 1.807) is 0 Å². The van der Waals surface area contributed by atoms with Crippen molar-refractivity contribution < 1.29 is 0 Å². The molecule has 1 aromatic heterocycles. The zero-order valence-electron chi connectivity index (χ0n) is 13.6. The van der Waals surface area contributed by atoms with Gasteiger partial charge in [-0.05, 0) is 31.4 Å². The third-order valence-electron chi connectivity index (χ3n) is 3.49. The number of hydrogen-bond acceptors (Lipinski definition) is 2. The Morgan fingerprint density at radius 1 is 1.19 bits per heavy atom. The van der Waals surface area contributed by atoms with E-state index in [1.165, 1.54) is 37.7 Å². The van der Waals surface area contributed by atoms with Gasteiger partial charge in [0.2, 0.25) is 0 Å². The van der Waals surface area contributed by atoms with Crippen molar-refractivity contribution in [1.82, 2.24) is 10.3 Å². The maximum atomic E-state index is 5.85. The number of aryl methyl sites for hydroxylation is 1. The standard InChI is InChI=1S/C17H30N4/c1-3-4-5-6-7-8-12-19-17(18)20-13-11-16-10-9-15(2)21-14-16/h9-10,14H,3-8,11-13H2,1-2H3,(H3,18,19,20). The first-order chi connectivity index (χ1) is 10.2. The highest BCUT2D eigenvalue weighted by Gasteiger charge is 1.95. The number of pyridine rings is 1. The van der Waals surface area contributed by atoms with Crippen molar-refractivity contribution in [3.63, 3.8) is 0 Å². The number of nitrogens with two attached hydrogens (primary N) is 1. The van der Waals surface area contributed by atoms with Gasteiger partial charge >= 0.3 is 0 Å². The summed E-state index contributed by atoms with van der Waals surface area (Å²) in [6.45, 7) is 5.87. The number of guanidine groups is 1. The van der Waals surface area contributed by atoms with Crippen LogP contribution in [-0.4, -0.2) is 24.0 Å². The first-order valence-electron chi connectivity index (χ1n) is 8.17. The molecule has 0 fully saturated rings. The zero-order valence-corrected chi connectivity index (χ0v) is 13.6. The zero-order chi connectivity index (χ0) is 15.3. The minimum absolute atomic E-state index is 0.559. The second kappa shape index (κ2) is 11.1. The normalized spacial score (nSPS) is 11.6. The average Bonchev–Trinajstić information content (AvgIpc) is 2.48. The van der Waals surface area contributed by atoms with Gasteiger partial charge in [0, 0.05) is 25.0 Å². The molecule has 3 N–H and O–H groups in total. The molecule has 0 aliphatic carbocycles. The fraction of sp³-hybridized carbons (Fsp3) is 0.647. The van der Waals surface area contributed by atoms with Crippen molar-refractivity contribution in [2.75, 3.05) is 13.1 Å². The summed E-state index contributed by atoms with van der Waals surface area (Å²) in [7, 11) is 0. The van der Waals surface area contributed by atoms with Crippen LogP contribution >= 0.6 is 0 Å². The van der Waals surface area contributed by atoms with Gasteiger partial charge in [0.05, 0.1) is 0 Å². The molecule has 0 aliphatic heterocycles. The number of nitrogens with zero attached hydrogens (tertiary/aromatic N) is 2. The molecule has 0 spiro atoms. The van der Waals surface area contributed by atoms with E-state index in [0.29, 0.717) is 5.96 Å². The third-order valence-corrected chi connectivity index (χ3v) is 3.49. The van der Waals surface area contributed by atoms with Gasteiger partial charge in [0.15, 0.2) is 5.96 Å². The van der Waals surface area contributed by atoms with Gasteiger partial charge in [-0.3, -0.25) is 9.98 Å². The third kappa shape index (κ3) is 9.05. The van der Waals surface area contributed by atoms with Crippen molar-refractivity contribution in [2.45, 2.75) is 58.8 Å². The van der Waals surface area contributed by atoms with Crippen molar-refractivity contribution >= 4 is 5.96 Å². The van der Waals surface area contributed by atoms with Crippen molar-refractivity contribution in [1.29, 1.82) is 0 Å². The van der Waals surface area contributed by atoms with E-state index < -0.39 is 0 Å². The molecule has 0 aliphatic rings. The van der Waals surface area contributed by atoms with E-state index in [2.05, 4.69) is 28.3 Å². The smallest absolute Gasteiger partial charge is 0.188 e. The van der Waals surface area contributed by atoms with Crippen LogP contribution in [0.15, 0.2) is 23.3 Å². The van der Waals surface area contributed by atoms with Crippen LogP contribution in [0.5, 0.6) is 0 Å². The Hall–Kier alpha value is -1.58. The lowest BCUT2D eigenvalue weighted by Crippen LogP contribution is -2.33. The van der Waals surface area contributed by atoms with Gasteiger partial charge in [0.25, 0.3) is 0 Å². The largest absolute Gasteiger partial charge is 0.370 e. The number of hydrogen-bond donors (Lipinski definition) is 2. The number of aromatic nitrogens is 1. The van der Waals surface area contributed by atoms with E-state index in [9.17, 15) is 0 Å². The summed E-state index contributed by atoms with van der Waals surface area (Å²) < 4.78 is 0. The van der Waals surface area contributed by atoms with Crippen LogP contribution < -0.4 is 11.1 Å². The van der Waals surface area contributed by atoms with Crippen LogP contribution in [0.4, 0.5) is 0 Å². The fourth-order valence-electron chi connectivity index (χ4n) is 2.13. The maximum absolute atomic E-state index is 5.85. The van der Waals surface area contributed by atoms with E-state index in [4.69, 9.17) is 5.73 Å². The van der Waals surface area contributed by atoms with Crippen molar-refractivity contribution in [3.05, 3.63) is 29.6 Å². The molecule has 0 aromatic carbocycles. The lowest BCUT2D eigenvalue weighted by molar-refractivity contribution is 0.611. The topological polar surface area (TPSA) is 63.3 Å². The second-order valence-corrected chi connectivity index (χ2v) is 5.52. The fourth-order valence-corrected chi connectivity index (χ4v) is 2.13.